The second kappa shape index (κ2) is 8.03. The number of hydrogen-bond donors (Lipinski definition) is 2. The van der Waals surface area contributed by atoms with E-state index in [0.717, 1.165) is 21.9 Å². The number of sulfonamides is 1. The molecule has 0 aliphatic carbocycles. The molecule has 1 atom stereocenters. The van der Waals surface area contributed by atoms with E-state index in [-0.39, 0.29) is 11.4 Å². The van der Waals surface area contributed by atoms with E-state index in [1.165, 1.54) is 0 Å². The normalized spacial score (nSPS) is 13.8. The Bertz CT molecular complexity index is 1260. The van der Waals surface area contributed by atoms with E-state index >= 15 is 0 Å². The third-order valence-electron chi connectivity index (χ3n) is 5.25. The molecule has 5 heteroatoms. The summed E-state index contributed by atoms with van der Waals surface area (Å²) in [4.78, 5) is 0.177. The second-order valence-corrected chi connectivity index (χ2v) is 9.32. The molecule has 0 aliphatic rings. The number of nitrogens with one attached hydrogen (secondary N) is 1. The summed E-state index contributed by atoms with van der Waals surface area (Å²) in [5, 5.41) is 12.7. The Balaban J connectivity index is 1.51. The van der Waals surface area contributed by atoms with Crippen LogP contribution >= 0.6 is 0 Å². The molecule has 30 heavy (non-hydrogen) atoms. The van der Waals surface area contributed by atoms with E-state index in [1.54, 1.807) is 25.1 Å². The summed E-state index contributed by atoms with van der Waals surface area (Å²) in [6.07, 6.45) is 0. The zero-order valence-corrected chi connectivity index (χ0v) is 17.4. The summed E-state index contributed by atoms with van der Waals surface area (Å²) >= 11 is 0. The van der Waals surface area contributed by atoms with Crippen LogP contribution in [-0.2, 0) is 15.6 Å². The molecule has 4 aromatic rings. The first-order valence-corrected chi connectivity index (χ1v) is 11.2. The molecule has 152 valence electrons. The van der Waals surface area contributed by atoms with Gasteiger partial charge < -0.3 is 5.11 Å². The van der Waals surface area contributed by atoms with Crippen molar-refractivity contribution in [3.05, 3.63) is 103 Å². The maximum atomic E-state index is 12.8. The highest BCUT2D eigenvalue weighted by Gasteiger charge is 2.26. The van der Waals surface area contributed by atoms with Crippen molar-refractivity contribution in [1.29, 1.82) is 0 Å². The van der Waals surface area contributed by atoms with Crippen LogP contribution in [0.25, 0.3) is 21.9 Å². The smallest absolute Gasteiger partial charge is 0.240 e. The van der Waals surface area contributed by atoms with Gasteiger partial charge in [-0.05, 0) is 46.5 Å². The molecule has 0 aromatic heterocycles. The minimum absolute atomic E-state index is 0.132. The molecule has 4 nitrogen and oxygen atoms in total. The van der Waals surface area contributed by atoms with Crippen LogP contribution in [-0.4, -0.2) is 20.1 Å². The van der Waals surface area contributed by atoms with Gasteiger partial charge in [0, 0.05) is 6.54 Å². The van der Waals surface area contributed by atoms with Gasteiger partial charge in [0.2, 0.25) is 10.0 Å². The average Bonchev–Trinajstić information content (AvgIpc) is 2.78. The lowest BCUT2D eigenvalue weighted by atomic mass is 9.94. The lowest BCUT2D eigenvalue weighted by Crippen LogP contribution is -2.38. The van der Waals surface area contributed by atoms with E-state index in [1.807, 2.05) is 78.9 Å². The Labute approximate surface area is 176 Å². The van der Waals surface area contributed by atoms with E-state index in [0.29, 0.717) is 5.56 Å². The predicted octanol–water partition coefficient (Wildman–Crippen LogP) is 4.69. The van der Waals surface area contributed by atoms with Crippen LogP contribution in [0.3, 0.4) is 0 Å². The molecule has 4 aromatic carbocycles. The van der Waals surface area contributed by atoms with E-state index in [9.17, 15) is 13.5 Å². The third-order valence-corrected chi connectivity index (χ3v) is 6.65. The van der Waals surface area contributed by atoms with Gasteiger partial charge in [0.25, 0.3) is 0 Å². The Hall–Kier alpha value is -2.99. The molecule has 0 heterocycles. The summed E-state index contributed by atoms with van der Waals surface area (Å²) < 4.78 is 28.1. The van der Waals surface area contributed by atoms with Gasteiger partial charge in [-0.1, -0.05) is 84.9 Å². The zero-order valence-electron chi connectivity index (χ0n) is 16.6. The highest BCUT2D eigenvalue weighted by molar-refractivity contribution is 7.89. The van der Waals surface area contributed by atoms with Crippen molar-refractivity contribution in [2.24, 2.45) is 0 Å². The van der Waals surface area contributed by atoms with Crippen LogP contribution < -0.4 is 4.72 Å². The lowest BCUT2D eigenvalue weighted by Gasteiger charge is -2.24. The lowest BCUT2D eigenvalue weighted by molar-refractivity contribution is 0.0627. The molecular formula is C25H23NO3S. The molecule has 1 unspecified atom stereocenters. The first-order valence-electron chi connectivity index (χ1n) is 9.72. The highest BCUT2D eigenvalue weighted by atomic mass is 32.2. The number of aliphatic hydroxyl groups is 1. The van der Waals surface area contributed by atoms with Crippen molar-refractivity contribution in [2.75, 3.05) is 6.54 Å². The van der Waals surface area contributed by atoms with Crippen molar-refractivity contribution in [2.45, 2.75) is 17.4 Å². The van der Waals surface area contributed by atoms with Crippen LogP contribution in [0.15, 0.2) is 102 Å². The Morgan fingerprint density at radius 3 is 2.07 bits per heavy atom. The summed E-state index contributed by atoms with van der Waals surface area (Å²) in [5.41, 5.74) is 1.41. The van der Waals surface area contributed by atoms with E-state index in [2.05, 4.69) is 4.72 Å². The van der Waals surface area contributed by atoms with Crippen molar-refractivity contribution in [3.63, 3.8) is 0 Å². The predicted molar refractivity (Wildman–Crippen MR) is 121 cm³/mol. The van der Waals surface area contributed by atoms with E-state index in [4.69, 9.17) is 0 Å². The first kappa shape index (κ1) is 20.3. The maximum absolute atomic E-state index is 12.8. The van der Waals surface area contributed by atoms with Gasteiger partial charge in [-0.2, -0.15) is 0 Å². The fourth-order valence-electron chi connectivity index (χ4n) is 3.41. The maximum Gasteiger partial charge on any atom is 0.240 e. The molecule has 4 rings (SSSR count). The van der Waals surface area contributed by atoms with Crippen LogP contribution in [0.4, 0.5) is 0 Å². The van der Waals surface area contributed by atoms with Gasteiger partial charge >= 0.3 is 0 Å². The Morgan fingerprint density at radius 1 is 0.767 bits per heavy atom. The van der Waals surface area contributed by atoms with Crippen LogP contribution in [0.5, 0.6) is 0 Å². The molecule has 0 aliphatic heterocycles. The van der Waals surface area contributed by atoms with Gasteiger partial charge in [0.1, 0.15) is 5.60 Å². The summed E-state index contributed by atoms with van der Waals surface area (Å²) in [5.74, 6) is 0. The standard InChI is InChI=1S/C25H23NO3S/c1-25(27,23-14-11-21(12-15-23)19-7-3-2-4-8-19)18-26-30(28,29)24-16-13-20-9-5-6-10-22(20)17-24/h2-17,26-27H,18H2,1H3. The fourth-order valence-corrected chi connectivity index (χ4v) is 4.57. The van der Waals surface area contributed by atoms with Crippen molar-refractivity contribution < 1.29 is 13.5 Å². The van der Waals surface area contributed by atoms with Gasteiger partial charge in [-0.25, -0.2) is 13.1 Å². The van der Waals surface area contributed by atoms with Gasteiger partial charge in [0.15, 0.2) is 0 Å². The van der Waals surface area contributed by atoms with E-state index < -0.39 is 15.6 Å². The topological polar surface area (TPSA) is 66.4 Å². The average molecular weight is 418 g/mol. The molecule has 0 saturated carbocycles. The third kappa shape index (κ3) is 4.28. The van der Waals surface area contributed by atoms with Crippen molar-refractivity contribution >= 4 is 20.8 Å². The van der Waals surface area contributed by atoms with Crippen molar-refractivity contribution in [3.8, 4) is 11.1 Å². The molecule has 0 bridgehead atoms. The molecule has 0 amide bonds. The summed E-state index contributed by atoms with van der Waals surface area (Å²) in [6, 6.07) is 30.0. The number of rotatable bonds is 6. The number of hydrogen-bond acceptors (Lipinski definition) is 3. The van der Waals surface area contributed by atoms with Gasteiger partial charge in [0.05, 0.1) is 4.90 Å². The number of benzene rings is 4. The largest absolute Gasteiger partial charge is 0.384 e. The first-order chi connectivity index (χ1) is 14.4. The Kier molecular flexibility index (Phi) is 5.43. The van der Waals surface area contributed by atoms with Crippen LogP contribution in [0.2, 0.25) is 0 Å². The quantitative estimate of drug-likeness (QED) is 0.478. The molecule has 0 radical (unpaired) electrons. The molecule has 0 saturated heterocycles. The highest BCUT2D eigenvalue weighted by Crippen LogP contribution is 2.26. The minimum Gasteiger partial charge on any atom is -0.384 e. The van der Waals surface area contributed by atoms with Crippen molar-refractivity contribution in [1.82, 2.24) is 4.72 Å². The fraction of sp³-hybridized carbons (Fsp3) is 0.120. The monoisotopic (exact) mass is 417 g/mol. The van der Waals surface area contributed by atoms with Crippen LogP contribution in [0, 0.1) is 0 Å². The molecule has 0 spiro atoms. The molecule has 2 N–H and O–H groups in total. The van der Waals surface area contributed by atoms with Gasteiger partial charge in [-0.3, -0.25) is 0 Å². The number of fused-ring (bicyclic) bond motifs is 1. The summed E-state index contributed by atoms with van der Waals surface area (Å²) in [6.45, 7) is 1.47. The summed E-state index contributed by atoms with van der Waals surface area (Å²) in [7, 11) is -3.75. The van der Waals surface area contributed by atoms with Gasteiger partial charge in [-0.15, -0.1) is 0 Å². The Morgan fingerprint density at radius 2 is 1.37 bits per heavy atom. The molecule has 0 fully saturated rings. The second-order valence-electron chi connectivity index (χ2n) is 7.55. The zero-order chi connectivity index (χ0) is 21.2. The minimum atomic E-state index is -3.75. The SMILES string of the molecule is CC(O)(CNS(=O)(=O)c1ccc2ccccc2c1)c1ccc(-c2ccccc2)cc1. The molecular weight excluding hydrogens is 394 g/mol. The van der Waals surface area contributed by atoms with Crippen LogP contribution in [0.1, 0.15) is 12.5 Å².